The monoisotopic (exact) mass is 240 g/mol. The molecule has 0 fully saturated rings. The third-order valence-electron chi connectivity index (χ3n) is 1.89. The first kappa shape index (κ1) is 10.5. The summed E-state index contributed by atoms with van der Waals surface area (Å²) in [5, 5.41) is 0. The Morgan fingerprint density at radius 2 is 2.07 bits per heavy atom. The van der Waals surface area contributed by atoms with E-state index in [1.807, 2.05) is 12.1 Å². The molecule has 0 aliphatic rings. The van der Waals surface area contributed by atoms with Crippen LogP contribution in [0.1, 0.15) is 16.7 Å². The van der Waals surface area contributed by atoms with Crippen LogP contribution < -0.4 is 11.3 Å². The third-order valence-corrected chi connectivity index (χ3v) is 3.19. The molecule has 0 spiro atoms. The molecule has 15 heavy (non-hydrogen) atoms. The number of rotatable bonds is 3. The van der Waals surface area contributed by atoms with Crippen LogP contribution in [-0.4, -0.2) is 9.97 Å². The molecule has 78 valence electrons. The topological polar surface area (TPSA) is 63.8 Å². The molecule has 0 amide bonds. The molecule has 0 aromatic carbocycles. The summed E-state index contributed by atoms with van der Waals surface area (Å²) in [6.07, 6.45) is 3.36. The van der Waals surface area contributed by atoms with Crippen molar-refractivity contribution < 1.29 is 0 Å². The highest BCUT2D eigenvalue weighted by atomic mass is 35.5. The van der Waals surface area contributed by atoms with Gasteiger partial charge >= 0.3 is 0 Å². The highest BCUT2D eigenvalue weighted by Crippen LogP contribution is 2.28. The van der Waals surface area contributed by atoms with E-state index >= 15 is 0 Å². The minimum Gasteiger partial charge on any atom is -0.270 e. The first-order valence-corrected chi connectivity index (χ1v) is 5.49. The van der Waals surface area contributed by atoms with Crippen LogP contribution in [-0.2, 0) is 0 Å². The van der Waals surface area contributed by atoms with Gasteiger partial charge in [0.05, 0.1) is 4.34 Å². The van der Waals surface area contributed by atoms with E-state index in [4.69, 9.17) is 17.4 Å². The fourth-order valence-electron chi connectivity index (χ4n) is 1.23. The number of nitrogens with two attached hydrogens (primary N) is 1. The van der Waals surface area contributed by atoms with Crippen LogP contribution >= 0.6 is 22.9 Å². The summed E-state index contributed by atoms with van der Waals surface area (Å²) >= 11 is 7.32. The lowest BCUT2D eigenvalue weighted by Gasteiger charge is -2.11. The van der Waals surface area contributed by atoms with E-state index in [2.05, 4.69) is 15.4 Å². The molecule has 0 radical (unpaired) electrons. The largest absolute Gasteiger partial charge is 0.270 e. The van der Waals surface area contributed by atoms with Gasteiger partial charge < -0.3 is 0 Å². The van der Waals surface area contributed by atoms with E-state index in [1.54, 1.807) is 18.5 Å². The number of thiophene rings is 1. The molecule has 2 rings (SSSR count). The molecule has 0 aliphatic heterocycles. The normalized spacial score (nSPS) is 12.7. The first-order valence-electron chi connectivity index (χ1n) is 4.29. The van der Waals surface area contributed by atoms with Crippen molar-refractivity contribution in [2.75, 3.05) is 0 Å². The highest BCUT2D eigenvalue weighted by Gasteiger charge is 2.16. The maximum absolute atomic E-state index is 5.86. The standard InChI is InChI=1S/C9H9ClN4S/c10-7-3-2-6(15-7)8(14-11)9-12-4-1-5-13-9/h1-5,8,14H,11H2. The Balaban J connectivity index is 2.33. The summed E-state index contributed by atoms with van der Waals surface area (Å²) in [5.41, 5.74) is 2.67. The van der Waals surface area contributed by atoms with Gasteiger partial charge in [-0.1, -0.05) is 11.6 Å². The number of halogens is 1. The second-order valence-corrected chi connectivity index (χ2v) is 4.60. The molecule has 0 bridgehead atoms. The lowest BCUT2D eigenvalue weighted by molar-refractivity contribution is 0.610. The van der Waals surface area contributed by atoms with Crippen molar-refractivity contribution in [2.24, 2.45) is 5.84 Å². The molecule has 1 unspecified atom stereocenters. The fourth-order valence-corrected chi connectivity index (χ4v) is 2.35. The predicted octanol–water partition coefficient (Wildman–Crippen LogP) is 1.74. The van der Waals surface area contributed by atoms with Crippen molar-refractivity contribution in [3.63, 3.8) is 0 Å². The molecule has 0 aliphatic carbocycles. The second-order valence-electron chi connectivity index (χ2n) is 2.85. The maximum atomic E-state index is 5.86. The third kappa shape index (κ3) is 2.32. The quantitative estimate of drug-likeness (QED) is 0.634. The van der Waals surface area contributed by atoms with Gasteiger partial charge in [0, 0.05) is 17.3 Å². The minimum absolute atomic E-state index is 0.205. The molecule has 2 heterocycles. The van der Waals surface area contributed by atoms with Gasteiger partial charge in [-0.15, -0.1) is 11.3 Å². The Morgan fingerprint density at radius 1 is 1.33 bits per heavy atom. The Morgan fingerprint density at radius 3 is 2.60 bits per heavy atom. The Kier molecular flexibility index (Phi) is 3.27. The summed E-state index contributed by atoms with van der Waals surface area (Å²) < 4.78 is 0.723. The molecule has 2 aromatic heterocycles. The van der Waals surface area contributed by atoms with Crippen LogP contribution in [0.25, 0.3) is 0 Å². The first-order chi connectivity index (χ1) is 7.31. The molecule has 6 heteroatoms. The van der Waals surface area contributed by atoms with E-state index in [-0.39, 0.29) is 6.04 Å². The van der Waals surface area contributed by atoms with E-state index in [0.717, 1.165) is 9.21 Å². The van der Waals surface area contributed by atoms with Gasteiger partial charge in [-0.25, -0.2) is 15.4 Å². The zero-order valence-electron chi connectivity index (χ0n) is 7.72. The molecule has 3 N–H and O–H groups in total. The number of hydrogen-bond acceptors (Lipinski definition) is 5. The van der Waals surface area contributed by atoms with Gasteiger partial charge in [-0.3, -0.25) is 5.84 Å². The van der Waals surface area contributed by atoms with Crippen molar-refractivity contribution in [3.8, 4) is 0 Å². The summed E-state index contributed by atoms with van der Waals surface area (Å²) in [7, 11) is 0. The van der Waals surface area contributed by atoms with Gasteiger partial charge in [0.2, 0.25) is 0 Å². The number of aromatic nitrogens is 2. The van der Waals surface area contributed by atoms with Crippen LogP contribution in [0.15, 0.2) is 30.6 Å². The van der Waals surface area contributed by atoms with Crippen LogP contribution in [0.5, 0.6) is 0 Å². The minimum atomic E-state index is -0.205. The highest BCUT2D eigenvalue weighted by molar-refractivity contribution is 7.16. The van der Waals surface area contributed by atoms with Crippen molar-refractivity contribution in [2.45, 2.75) is 6.04 Å². The van der Waals surface area contributed by atoms with Gasteiger partial charge in [0.15, 0.2) is 5.82 Å². The van der Waals surface area contributed by atoms with Gasteiger partial charge in [-0.05, 0) is 18.2 Å². The average molecular weight is 241 g/mol. The molecule has 0 saturated carbocycles. The summed E-state index contributed by atoms with van der Waals surface area (Å²) in [5.74, 6) is 6.12. The van der Waals surface area contributed by atoms with Crippen molar-refractivity contribution in [1.82, 2.24) is 15.4 Å². The Labute approximate surface area is 96.1 Å². The Bertz CT molecular complexity index is 431. The predicted molar refractivity (Wildman–Crippen MR) is 60.5 cm³/mol. The lowest BCUT2D eigenvalue weighted by atomic mass is 10.2. The Hall–Kier alpha value is -1.01. The van der Waals surface area contributed by atoms with Crippen molar-refractivity contribution >= 4 is 22.9 Å². The van der Waals surface area contributed by atoms with Crippen LogP contribution in [0.4, 0.5) is 0 Å². The summed E-state index contributed by atoms with van der Waals surface area (Å²) in [6.45, 7) is 0. The van der Waals surface area contributed by atoms with Gasteiger partial charge in [0.25, 0.3) is 0 Å². The number of hydrogen-bond donors (Lipinski definition) is 2. The van der Waals surface area contributed by atoms with E-state index in [1.165, 1.54) is 11.3 Å². The van der Waals surface area contributed by atoms with Gasteiger partial charge in [0.1, 0.15) is 6.04 Å². The van der Waals surface area contributed by atoms with E-state index < -0.39 is 0 Å². The van der Waals surface area contributed by atoms with Crippen molar-refractivity contribution in [3.05, 3.63) is 45.6 Å². The SMILES string of the molecule is NNC(c1ncccn1)c1ccc(Cl)s1. The van der Waals surface area contributed by atoms with Crippen LogP contribution in [0.3, 0.4) is 0 Å². The molecular weight excluding hydrogens is 232 g/mol. The number of nitrogens with zero attached hydrogens (tertiary/aromatic N) is 2. The van der Waals surface area contributed by atoms with E-state index in [9.17, 15) is 0 Å². The fraction of sp³-hybridized carbons (Fsp3) is 0.111. The smallest absolute Gasteiger partial charge is 0.151 e. The second kappa shape index (κ2) is 4.67. The zero-order valence-corrected chi connectivity index (χ0v) is 9.29. The average Bonchev–Trinajstić information content (AvgIpc) is 2.68. The molecule has 1 atom stereocenters. The van der Waals surface area contributed by atoms with Crippen molar-refractivity contribution in [1.29, 1.82) is 0 Å². The zero-order chi connectivity index (χ0) is 10.7. The van der Waals surface area contributed by atoms with Crippen LogP contribution in [0.2, 0.25) is 4.34 Å². The van der Waals surface area contributed by atoms with Crippen LogP contribution in [0, 0.1) is 0 Å². The molecule has 0 saturated heterocycles. The molecule has 4 nitrogen and oxygen atoms in total. The summed E-state index contributed by atoms with van der Waals surface area (Å²) in [6, 6.07) is 5.30. The summed E-state index contributed by atoms with van der Waals surface area (Å²) in [4.78, 5) is 9.29. The molecule has 2 aromatic rings. The van der Waals surface area contributed by atoms with Gasteiger partial charge in [-0.2, -0.15) is 0 Å². The van der Waals surface area contributed by atoms with E-state index in [0.29, 0.717) is 5.82 Å². The number of hydrazine groups is 1. The molecular formula is C9H9ClN4S. The lowest BCUT2D eigenvalue weighted by Crippen LogP contribution is -2.29. The number of nitrogens with one attached hydrogen (secondary N) is 1. The maximum Gasteiger partial charge on any atom is 0.151 e.